The molecule has 1 aromatic heterocycles. The first-order valence-electron chi connectivity index (χ1n) is 8.93. The molecular formula is C22H23BrN2O3. The highest BCUT2D eigenvalue weighted by Crippen LogP contribution is 2.37. The number of amides is 1. The van der Waals surface area contributed by atoms with Crippen molar-refractivity contribution in [2.45, 2.75) is 20.1 Å². The standard InChI is InChI=1S/C22H23BrN2O3/c1-15-9-10-18(25(15)2)13-24-22(26)17-11-19(23)21(20(12-17)27-3)28-14-16-7-5-4-6-8-16/h4-12H,13-14H2,1-3H3,(H,24,26). The van der Waals surface area contributed by atoms with Crippen molar-refractivity contribution in [1.29, 1.82) is 0 Å². The topological polar surface area (TPSA) is 52.5 Å². The van der Waals surface area contributed by atoms with Gasteiger partial charge in [0.1, 0.15) is 6.61 Å². The lowest BCUT2D eigenvalue weighted by atomic mass is 10.2. The molecule has 2 aromatic carbocycles. The first-order valence-corrected chi connectivity index (χ1v) is 9.72. The van der Waals surface area contributed by atoms with Gasteiger partial charge in [0.15, 0.2) is 11.5 Å². The minimum Gasteiger partial charge on any atom is -0.493 e. The van der Waals surface area contributed by atoms with Gasteiger partial charge in [-0.2, -0.15) is 0 Å². The van der Waals surface area contributed by atoms with Gasteiger partial charge in [0.05, 0.1) is 18.1 Å². The summed E-state index contributed by atoms with van der Waals surface area (Å²) >= 11 is 3.50. The molecule has 146 valence electrons. The van der Waals surface area contributed by atoms with Crippen molar-refractivity contribution in [3.05, 3.63) is 81.6 Å². The molecule has 0 saturated heterocycles. The Morgan fingerprint density at radius 2 is 1.89 bits per heavy atom. The molecule has 1 N–H and O–H groups in total. The molecule has 6 heteroatoms. The van der Waals surface area contributed by atoms with Crippen LogP contribution >= 0.6 is 15.9 Å². The second kappa shape index (κ2) is 8.97. The van der Waals surface area contributed by atoms with Crippen molar-refractivity contribution < 1.29 is 14.3 Å². The number of nitrogens with zero attached hydrogens (tertiary/aromatic N) is 1. The Kier molecular flexibility index (Phi) is 6.41. The fourth-order valence-corrected chi connectivity index (χ4v) is 3.39. The minimum atomic E-state index is -0.174. The van der Waals surface area contributed by atoms with E-state index >= 15 is 0 Å². The second-order valence-corrected chi connectivity index (χ2v) is 7.33. The molecule has 0 unspecified atom stereocenters. The number of hydrogen-bond acceptors (Lipinski definition) is 3. The number of halogens is 1. The summed E-state index contributed by atoms with van der Waals surface area (Å²) in [6.45, 7) is 2.89. The summed E-state index contributed by atoms with van der Waals surface area (Å²) in [5.74, 6) is 0.901. The number of nitrogens with one attached hydrogen (secondary N) is 1. The number of ether oxygens (including phenoxy) is 2. The van der Waals surface area contributed by atoms with Crippen LogP contribution in [0.1, 0.15) is 27.3 Å². The molecule has 3 rings (SSSR count). The first kappa shape index (κ1) is 20.0. The number of aromatic nitrogens is 1. The van der Waals surface area contributed by atoms with Crippen LogP contribution in [-0.2, 0) is 20.2 Å². The van der Waals surface area contributed by atoms with Gasteiger partial charge in [0.25, 0.3) is 5.91 Å². The van der Waals surface area contributed by atoms with Gasteiger partial charge in [-0.05, 0) is 52.7 Å². The number of carbonyl (C=O) groups is 1. The van der Waals surface area contributed by atoms with Crippen LogP contribution in [0.15, 0.2) is 59.1 Å². The molecule has 0 spiro atoms. The highest BCUT2D eigenvalue weighted by molar-refractivity contribution is 9.10. The molecular weight excluding hydrogens is 420 g/mol. The second-order valence-electron chi connectivity index (χ2n) is 6.47. The Labute approximate surface area is 173 Å². The lowest BCUT2D eigenvalue weighted by Crippen LogP contribution is -2.24. The number of benzene rings is 2. The molecule has 0 atom stereocenters. The van der Waals surface area contributed by atoms with E-state index in [1.807, 2.05) is 56.4 Å². The predicted molar refractivity (Wildman–Crippen MR) is 113 cm³/mol. The van der Waals surface area contributed by atoms with Crippen molar-refractivity contribution in [2.75, 3.05) is 7.11 Å². The third-order valence-corrected chi connectivity index (χ3v) is 5.21. The average molecular weight is 443 g/mol. The number of methoxy groups -OCH3 is 1. The van der Waals surface area contributed by atoms with Crippen LogP contribution in [0.25, 0.3) is 0 Å². The van der Waals surface area contributed by atoms with E-state index in [1.165, 1.54) is 0 Å². The zero-order valence-electron chi connectivity index (χ0n) is 16.2. The Bertz CT molecular complexity index is 967. The van der Waals surface area contributed by atoms with Crippen molar-refractivity contribution in [3.63, 3.8) is 0 Å². The van der Waals surface area contributed by atoms with E-state index in [0.29, 0.717) is 34.7 Å². The zero-order valence-corrected chi connectivity index (χ0v) is 17.7. The van der Waals surface area contributed by atoms with Crippen molar-refractivity contribution in [3.8, 4) is 11.5 Å². The summed E-state index contributed by atoms with van der Waals surface area (Å²) < 4.78 is 14.1. The van der Waals surface area contributed by atoms with E-state index in [2.05, 4.69) is 25.8 Å². The highest BCUT2D eigenvalue weighted by atomic mass is 79.9. The van der Waals surface area contributed by atoms with Gasteiger partial charge in [-0.3, -0.25) is 4.79 Å². The molecule has 1 amide bonds. The van der Waals surface area contributed by atoms with Crippen LogP contribution in [0.2, 0.25) is 0 Å². The van der Waals surface area contributed by atoms with Crippen LogP contribution in [-0.4, -0.2) is 17.6 Å². The molecule has 0 aliphatic heterocycles. The van der Waals surface area contributed by atoms with Gasteiger partial charge >= 0.3 is 0 Å². The minimum absolute atomic E-state index is 0.174. The van der Waals surface area contributed by atoms with Crippen LogP contribution in [0.3, 0.4) is 0 Å². The third kappa shape index (κ3) is 4.57. The summed E-state index contributed by atoms with van der Waals surface area (Å²) in [6.07, 6.45) is 0. The average Bonchev–Trinajstić information content (AvgIpc) is 3.03. The van der Waals surface area contributed by atoms with E-state index in [-0.39, 0.29) is 5.91 Å². The Hall–Kier alpha value is -2.73. The summed E-state index contributed by atoms with van der Waals surface area (Å²) in [7, 11) is 3.54. The largest absolute Gasteiger partial charge is 0.493 e. The van der Waals surface area contributed by atoms with Crippen molar-refractivity contribution in [2.24, 2.45) is 7.05 Å². The maximum atomic E-state index is 12.6. The molecule has 0 aliphatic carbocycles. The van der Waals surface area contributed by atoms with Crippen LogP contribution < -0.4 is 14.8 Å². The Morgan fingerprint density at radius 3 is 2.54 bits per heavy atom. The summed E-state index contributed by atoms with van der Waals surface area (Å²) in [5.41, 5.74) is 3.74. The van der Waals surface area contributed by atoms with Crippen molar-refractivity contribution >= 4 is 21.8 Å². The van der Waals surface area contributed by atoms with Crippen molar-refractivity contribution in [1.82, 2.24) is 9.88 Å². The van der Waals surface area contributed by atoms with E-state index in [1.54, 1.807) is 19.2 Å². The van der Waals surface area contributed by atoms with Gasteiger partial charge in [-0.15, -0.1) is 0 Å². The highest BCUT2D eigenvalue weighted by Gasteiger charge is 2.16. The maximum Gasteiger partial charge on any atom is 0.251 e. The normalized spacial score (nSPS) is 10.6. The smallest absolute Gasteiger partial charge is 0.251 e. The van der Waals surface area contributed by atoms with Gasteiger partial charge in [0.2, 0.25) is 0 Å². The predicted octanol–water partition coefficient (Wildman–Crippen LogP) is 4.61. The molecule has 3 aromatic rings. The summed E-state index contributed by atoms with van der Waals surface area (Å²) in [5, 5.41) is 2.95. The molecule has 0 aliphatic rings. The molecule has 0 bridgehead atoms. The quantitative estimate of drug-likeness (QED) is 0.580. The Balaban J connectivity index is 1.72. The van der Waals surface area contributed by atoms with E-state index in [9.17, 15) is 4.79 Å². The monoisotopic (exact) mass is 442 g/mol. The molecule has 0 fully saturated rings. The molecule has 0 saturated carbocycles. The molecule has 0 radical (unpaired) electrons. The van der Waals surface area contributed by atoms with Crippen LogP contribution in [0.4, 0.5) is 0 Å². The number of aryl methyl sites for hydroxylation is 1. The fraction of sp³-hybridized carbons (Fsp3) is 0.227. The first-order chi connectivity index (χ1) is 13.5. The zero-order chi connectivity index (χ0) is 20.1. The van der Waals surface area contributed by atoms with E-state index < -0.39 is 0 Å². The van der Waals surface area contributed by atoms with Gasteiger partial charge < -0.3 is 19.4 Å². The van der Waals surface area contributed by atoms with Crippen LogP contribution in [0.5, 0.6) is 11.5 Å². The molecule has 28 heavy (non-hydrogen) atoms. The SMILES string of the molecule is COc1cc(C(=O)NCc2ccc(C)n2C)cc(Br)c1OCc1ccccc1. The van der Waals surface area contributed by atoms with Crippen LogP contribution in [0, 0.1) is 6.92 Å². The maximum absolute atomic E-state index is 12.6. The van der Waals surface area contributed by atoms with Gasteiger partial charge in [-0.25, -0.2) is 0 Å². The summed E-state index contributed by atoms with van der Waals surface area (Å²) in [6, 6.07) is 17.3. The lowest BCUT2D eigenvalue weighted by molar-refractivity contribution is 0.0949. The van der Waals surface area contributed by atoms with E-state index in [0.717, 1.165) is 17.0 Å². The third-order valence-electron chi connectivity index (χ3n) is 4.62. The molecule has 5 nitrogen and oxygen atoms in total. The Morgan fingerprint density at radius 1 is 1.14 bits per heavy atom. The number of hydrogen-bond donors (Lipinski definition) is 1. The van der Waals surface area contributed by atoms with E-state index in [4.69, 9.17) is 9.47 Å². The van der Waals surface area contributed by atoms with Gasteiger partial charge in [0, 0.05) is 24.0 Å². The fourth-order valence-electron chi connectivity index (χ4n) is 2.84. The lowest BCUT2D eigenvalue weighted by Gasteiger charge is -2.15. The summed E-state index contributed by atoms with van der Waals surface area (Å²) in [4.78, 5) is 12.6. The molecule has 1 heterocycles. The number of carbonyl (C=O) groups excluding carboxylic acids is 1. The van der Waals surface area contributed by atoms with Gasteiger partial charge in [-0.1, -0.05) is 30.3 Å². The number of rotatable bonds is 7.